The Bertz CT molecular complexity index is 830. The second-order valence-electron chi connectivity index (χ2n) is 7.86. The molecule has 5 nitrogen and oxygen atoms in total. The molecular weight excluding hydrogens is 350 g/mol. The number of piperazine rings is 1. The predicted molar refractivity (Wildman–Crippen MR) is 111 cm³/mol. The number of hydrogen-bond donors (Lipinski definition) is 0. The average molecular weight is 380 g/mol. The van der Waals surface area contributed by atoms with Crippen LogP contribution in [0.3, 0.4) is 0 Å². The molecule has 2 aromatic rings. The summed E-state index contributed by atoms with van der Waals surface area (Å²) in [4.78, 5) is 20.4. The van der Waals surface area contributed by atoms with Gasteiger partial charge in [-0.15, -0.1) is 0 Å². The number of para-hydroxylation sites is 1. The lowest BCUT2D eigenvalue weighted by Gasteiger charge is -2.41. The van der Waals surface area contributed by atoms with Crippen molar-refractivity contribution in [3.8, 4) is 5.75 Å². The van der Waals surface area contributed by atoms with E-state index in [9.17, 15) is 4.79 Å². The van der Waals surface area contributed by atoms with Crippen LogP contribution in [0.1, 0.15) is 21.5 Å². The molecule has 1 fully saturated rings. The smallest absolute Gasteiger partial charge is 0.258 e. The molecule has 0 unspecified atom stereocenters. The number of nitrogens with zero attached hydrogens (tertiary/aromatic N) is 3. The maximum Gasteiger partial charge on any atom is 0.258 e. The fraction of sp³-hybridized carbons (Fsp3) is 0.435. The van der Waals surface area contributed by atoms with Crippen molar-refractivity contribution in [3.63, 3.8) is 0 Å². The van der Waals surface area contributed by atoms with E-state index in [1.165, 1.54) is 11.1 Å². The SMILES string of the molecule is COc1ccccc1C(=O)N1Cc2ccccc2C[C@H]1CN1CCN(C)CC1. The maximum atomic E-state index is 13.5. The van der Waals surface area contributed by atoms with Gasteiger partial charge in [-0.2, -0.15) is 0 Å². The molecule has 2 aromatic carbocycles. The first kappa shape index (κ1) is 19.0. The number of likely N-dealkylation sites (N-methyl/N-ethyl adjacent to an activating group) is 1. The number of ether oxygens (including phenoxy) is 1. The van der Waals surface area contributed by atoms with E-state index < -0.39 is 0 Å². The molecule has 0 aliphatic carbocycles. The van der Waals surface area contributed by atoms with E-state index in [4.69, 9.17) is 4.74 Å². The van der Waals surface area contributed by atoms with E-state index in [1.807, 2.05) is 24.3 Å². The molecule has 2 aliphatic rings. The summed E-state index contributed by atoms with van der Waals surface area (Å²) in [5.74, 6) is 0.704. The minimum Gasteiger partial charge on any atom is -0.496 e. The summed E-state index contributed by atoms with van der Waals surface area (Å²) in [6, 6.07) is 16.2. The number of amides is 1. The quantitative estimate of drug-likeness (QED) is 0.818. The van der Waals surface area contributed by atoms with Crippen LogP contribution in [-0.4, -0.2) is 73.5 Å². The van der Waals surface area contributed by atoms with Crippen molar-refractivity contribution >= 4 is 5.91 Å². The number of methoxy groups -OCH3 is 1. The number of hydrogen-bond acceptors (Lipinski definition) is 4. The zero-order valence-electron chi connectivity index (χ0n) is 16.8. The van der Waals surface area contributed by atoms with Gasteiger partial charge >= 0.3 is 0 Å². The average Bonchev–Trinajstić information content (AvgIpc) is 2.74. The molecular formula is C23H29N3O2. The first-order valence-corrected chi connectivity index (χ1v) is 10.1. The third kappa shape index (κ3) is 3.91. The Morgan fingerprint density at radius 2 is 1.68 bits per heavy atom. The number of carbonyl (C=O) groups is 1. The highest BCUT2D eigenvalue weighted by molar-refractivity contribution is 5.97. The molecule has 0 radical (unpaired) electrons. The Kier molecular flexibility index (Phi) is 5.64. The first-order valence-electron chi connectivity index (χ1n) is 10.1. The van der Waals surface area contributed by atoms with Crippen LogP contribution in [0.2, 0.25) is 0 Å². The zero-order valence-corrected chi connectivity index (χ0v) is 16.8. The topological polar surface area (TPSA) is 36.0 Å². The summed E-state index contributed by atoms with van der Waals surface area (Å²) < 4.78 is 5.46. The lowest BCUT2D eigenvalue weighted by Crippen LogP contribution is -2.53. The highest BCUT2D eigenvalue weighted by Crippen LogP contribution is 2.28. The van der Waals surface area contributed by atoms with Gasteiger partial charge in [0.05, 0.1) is 12.7 Å². The molecule has 5 heteroatoms. The van der Waals surface area contributed by atoms with E-state index in [0.29, 0.717) is 17.9 Å². The van der Waals surface area contributed by atoms with Crippen LogP contribution in [-0.2, 0) is 13.0 Å². The van der Waals surface area contributed by atoms with E-state index in [2.05, 4.69) is 46.0 Å². The van der Waals surface area contributed by atoms with Crippen LogP contribution in [0.25, 0.3) is 0 Å². The van der Waals surface area contributed by atoms with Crippen LogP contribution in [0, 0.1) is 0 Å². The molecule has 148 valence electrons. The van der Waals surface area contributed by atoms with E-state index in [0.717, 1.165) is 39.1 Å². The molecule has 2 heterocycles. The lowest BCUT2D eigenvalue weighted by molar-refractivity contribution is 0.0533. The van der Waals surface area contributed by atoms with Crippen LogP contribution in [0.4, 0.5) is 0 Å². The van der Waals surface area contributed by atoms with Crippen molar-refractivity contribution in [3.05, 3.63) is 65.2 Å². The highest BCUT2D eigenvalue weighted by atomic mass is 16.5. The van der Waals surface area contributed by atoms with Gasteiger partial charge in [-0.05, 0) is 36.7 Å². The largest absolute Gasteiger partial charge is 0.496 e. The molecule has 0 aromatic heterocycles. The van der Waals surface area contributed by atoms with Gasteiger partial charge in [0.1, 0.15) is 5.75 Å². The van der Waals surface area contributed by atoms with Gasteiger partial charge in [-0.3, -0.25) is 9.69 Å². The summed E-state index contributed by atoms with van der Waals surface area (Å²) in [6.45, 7) is 5.87. The van der Waals surface area contributed by atoms with Gasteiger partial charge in [0.2, 0.25) is 0 Å². The lowest BCUT2D eigenvalue weighted by atomic mass is 9.92. The number of benzene rings is 2. The second-order valence-corrected chi connectivity index (χ2v) is 7.86. The maximum absolute atomic E-state index is 13.5. The zero-order chi connectivity index (χ0) is 19.5. The molecule has 0 spiro atoms. The Balaban J connectivity index is 1.60. The summed E-state index contributed by atoms with van der Waals surface area (Å²) in [5.41, 5.74) is 3.26. The van der Waals surface area contributed by atoms with Crippen molar-refractivity contribution in [2.45, 2.75) is 19.0 Å². The fourth-order valence-corrected chi connectivity index (χ4v) is 4.29. The van der Waals surface area contributed by atoms with E-state index >= 15 is 0 Å². The van der Waals surface area contributed by atoms with Crippen molar-refractivity contribution in [1.82, 2.24) is 14.7 Å². The monoisotopic (exact) mass is 379 g/mol. The minimum atomic E-state index is 0.0612. The molecule has 0 saturated carbocycles. The molecule has 0 N–H and O–H groups in total. The molecule has 1 saturated heterocycles. The van der Waals surface area contributed by atoms with Crippen molar-refractivity contribution in [1.29, 1.82) is 0 Å². The summed E-state index contributed by atoms with van der Waals surface area (Å²) in [5, 5.41) is 0. The predicted octanol–water partition coefficient (Wildman–Crippen LogP) is 2.51. The highest BCUT2D eigenvalue weighted by Gasteiger charge is 2.33. The van der Waals surface area contributed by atoms with Gasteiger partial charge in [0.15, 0.2) is 0 Å². The Morgan fingerprint density at radius 1 is 1.00 bits per heavy atom. The standard InChI is InChI=1S/C23H29N3O2/c1-24-11-13-25(14-12-24)17-20-15-18-7-3-4-8-19(18)16-26(20)23(27)21-9-5-6-10-22(21)28-2/h3-10,20H,11-17H2,1-2H3/t20-/m0/s1. The fourth-order valence-electron chi connectivity index (χ4n) is 4.29. The second kappa shape index (κ2) is 8.33. The van der Waals surface area contributed by atoms with Crippen molar-refractivity contribution in [2.24, 2.45) is 0 Å². The summed E-state index contributed by atoms with van der Waals surface area (Å²) in [7, 11) is 3.80. The number of fused-ring (bicyclic) bond motifs is 1. The van der Waals surface area contributed by atoms with Gasteiger partial charge in [-0.1, -0.05) is 36.4 Å². The number of carbonyl (C=O) groups excluding carboxylic acids is 1. The Labute approximate surface area is 167 Å². The van der Waals surface area contributed by atoms with Crippen molar-refractivity contribution in [2.75, 3.05) is 46.9 Å². The van der Waals surface area contributed by atoms with Gasteiger partial charge in [0, 0.05) is 45.3 Å². The van der Waals surface area contributed by atoms with Gasteiger partial charge in [-0.25, -0.2) is 0 Å². The minimum absolute atomic E-state index is 0.0612. The number of rotatable bonds is 4. The molecule has 1 amide bonds. The van der Waals surface area contributed by atoms with E-state index in [1.54, 1.807) is 7.11 Å². The van der Waals surface area contributed by atoms with Crippen LogP contribution in [0.5, 0.6) is 5.75 Å². The Morgan fingerprint density at radius 3 is 2.43 bits per heavy atom. The van der Waals surface area contributed by atoms with E-state index in [-0.39, 0.29) is 11.9 Å². The first-order chi connectivity index (χ1) is 13.7. The summed E-state index contributed by atoms with van der Waals surface area (Å²) in [6.07, 6.45) is 0.906. The molecule has 1 atom stereocenters. The van der Waals surface area contributed by atoms with Crippen LogP contribution >= 0.6 is 0 Å². The molecule has 2 aliphatic heterocycles. The third-order valence-electron chi connectivity index (χ3n) is 6.02. The van der Waals surface area contributed by atoms with Crippen LogP contribution < -0.4 is 4.74 Å². The molecule has 0 bridgehead atoms. The Hall–Kier alpha value is -2.37. The normalized spacial score (nSPS) is 20.6. The third-order valence-corrected chi connectivity index (χ3v) is 6.02. The van der Waals surface area contributed by atoms with Crippen molar-refractivity contribution < 1.29 is 9.53 Å². The van der Waals surface area contributed by atoms with Gasteiger partial charge in [0.25, 0.3) is 5.91 Å². The molecule has 28 heavy (non-hydrogen) atoms. The molecule has 4 rings (SSSR count). The van der Waals surface area contributed by atoms with Gasteiger partial charge < -0.3 is 14.5 Å². The van der Waals surface area contributed by atoms with Crippen LogP contribution in [0.15, 0.2) is 48.5 Å². The summed E-state index contributed by atoms with van der Waals surface area (Å²) >= 11 is 0.